The maximum absolute atomic E-state index is 12.0. The SMILES string of the molecule is Cl.NC(CNC(=O)c1cc2cc(Br)ccc2o1)C1CC1. The van der Waals surface area contributed by atoms with Gasteiger partial charge in [-0.1, -0.05) is 15.9 Å². The van der Waals surface area contributed by atoms with E-state index in [0.717, 1.165) is 9.86 Å². The zero-order valence-corrected chi connectivity index (χ0v) is 13.2. The molecule has 0 aliphatic heterocycles. The van der Waals surface area contributed by atoms with E-state index in [4.69, 9.17) is 10.2 Å². The standard InChI is InChI=1S/C14H15BrN2O2.ClH/c15-10-3-4-12-9(5-10)6-13(19-12)14(18)17-7-11(16)8-1-2-8;/h3-6,8,11H,1-2,7,16H2,(H,17,18);1H. The van der Waals surface area contributed by atoms with Gasteiger partial charge in [-0.05, 0) is 43.0 Å². The average molecular weight is 360 g/mol. The topological polar surface area (TPSA) is 68.3 Å². The summed E-state index contributed by atoms with van der Waals surface area (Å²) in [6, 6.07) is 7.45. The minimum atomic E-state index is -0.205. The Bertz CT molecular complexity index is 625. The summed E-state index contributed by atoms with van der Waals surface area (Å²) in [6.07, 6.45) is 2.35. The van der Waals surface area contributed by atoms with Gasteiger partial charge >= 0.3 is 0 Å². The Morgan fingerprint density at radius 1 is 1.45 bits per heavy atom. The number of furan rings is 1. The monoisotopic (exact) mass is 358 g/mol. The highest BCUT2D eigenvalue weighted by Crippen LogP contribution is 2.31. The van der Waals surface area contributed by atoms with Crippen molar-refractivity contribution in [3.8, 4) is 0 Å². The lowest BCUT2D eigenvalue weighted by Crippen LogP contribution is -2.38. The second-order valence-corrected chi connectivity index (χ2v) is 5.92. The molecule has 1 fully saturated rings. The van der Waals surface area contributed by atoms with E-state index in [1.54, 1.807) is 6.07 Å². The largest absolute Gasteiger partial charge is 0.451 e. The maximum Gasteiger partial charge on any atom is 0.287 e. The van der Waals surface area contributed by atoms with E-state index in [2.05, 4.69) is 21.2 Å². The Hall–Kier alpha value is -1.04. The molecule has 4 nitrogen and oxygen atoms in total. The van der Waals surface area contributed by atoms with Crippen LogP contribution >= 0.6 is 28.3 Å². The average Bonchev–Trinajstić information content (AvgIpc) is 3.15. The first kappa shape index (κ1) is 15.4. The van der Waals surface area contributed by atoms with Crippen LogP contribution in [0.15, 0.2) is 33.2 Å². The Morgan fingerprint density at radius 3 is 2.90 bits per heavy atom. The van der Waals surface area contributed by atoms with Crippen LogP contribution in [0.4, 0.5) is 0 Å². The smallest absolute Gasteiger partial charge is 0.287 e. The third kappa shape index (κ3) is 3.34. The molecule has 1 heterocycles. The molecular formula is C14H16BrClN2O2. The highest BCUT2D eigenvalue weighted by molar-refractivity contribution is 9.10. The van der Waals surface area contributed by atoms with E-state index in [-0.39, 0.29) is 24.4 Å². The second-order valence-electron chi connectivity index (χ2n) is 5.00. The summed E-state index contributed by atoms with van der Waals surface area (Å²) in [6.45, 7) is 0.504. The number of carbonyl (C=O) groups is 1. The minimum absolute atomic E-state index is 0. The van der Waals surface area contributed by atoms with E-state index < -0.39 is 0 Å². The van der Waals surface area contributed by atoms with Gasteiger partial charge in [0.2, 0.25) is 0 Å². The fourth-order valence-electron chi connectivity index (χ4n) is 2.11. The second kappa shape index (κ2) is 6.16. The quantitative estimate of drug-likeness (QED) is 0.881. The lowest BCUT2D eigenvalue weighted by Gasteiger charge is -2.10. The first-order chi connectivity index (χ1) is 9.13. The van der Waals surface area contributed by atoms with Crippen molar-refractivity contribution in [3.05, 3.63) is 34.5 Å². The Labute approximate surface area is 131 Å². The van der Waals surface area contributed by atoms with Crippen LogP contribution in [0.5, 0.6) is 0 Å². The van der Waals surface area contributed by atoms with Crippen molar-refractivity contribution in [2.45, 2.75) is 18.9 Å². The zero-order chi connectivity index (χ0) is 13.4. The summed E-state index contributed by atoms with van der Waals surface area (Å²) in [5, 5.41) is 3.73. The number of nitrogens with two attached hydrogens (primary N) is 1. The van der Waals surface area contributed by atoms with Crippen LogP contribution in [-0.4, -0.2) is 18.5 Å². The molecule has 0 bridgehead atoms. The summed E-state index contributed by atoms with van der Waals surface area (Å²) in [7, 11) is 0. The molecule has 0 saturated heterocycles. The van der Waals surface area contributed by atoms with Crippen LogP contribution in [-0.2, 0) is 0 Å². The van der Waals surface area contributed by atoms with Gasteiger partial charge in [-0.25, -0.2) is 0 Å². The number of carbonyl (C=O) groups excluding carboxylic acids is 1. The fourth-order valence-corrected chi connectivity index (χ4v) is 2.49. The third-order valence-corrected chi connectivity index (χ3v) is 3.92. The minimum Gasteiger partial charge on any atom is -0.451 e. The third-order valence-electron chi connectivity index (χ3n) is 3.43. The van der Waals surface area contributed by atoms with Crippen LogP contribution in [0.25, 0.3) is 11.0 Å². The zero-order valence-electron chi connectivity index (χ0n) is 10.8. The predicted octanol–water partition coefficient (Wildman–Crippen LogP) is 3.08. The number of benzene rings is 1. The summed E-state index contributed by atoms with van der Waals surface area (Å²) in [5.41, 5.74) is 6.66. The van der Waals surface area contributed by atoms with E-state index in [1.807, 2.05) is 18.2 Å². The summed E-state index contributed by atoms with van der Waals surface area (Å²) in [4.78, 5) is 12.0. The molecule has 1 aromatic heterocycles. The van der Waals surface area contributed by atoms with Crippen molar-refractivity contribution in [2.75, 3.05) is 6.54 Å². The molecule has 20 heavy (non-hydrogen) atoms. The van der Waals surface area contributed by atoms with E-state index in [9.17, 15) is 4.79 Å². The van der Waals surface area contributed by atoms with Gasteiger partial charge in [-0.3, -0.25) is 4.79 Å². The molecule has 1 aliphatic carbocycles. The van der Waals surface area contributed by atoms with Crippen LogP contribution < -0.4 is 11.1 Å². The van der Waals surface area contributed by atoms with Gasteiger partial charge in [0.15, 0.2) is 5.76 Å². The number of amides is 1. The van der Waals surface area contributed by atoms with E-state index >= 15 is 0 Å². The van der Waals surface area contributed by atoms with Crippen LogP contribution in [0.2, 0.25) is 0 Å². The van der Waals surface area contributed by atoms with E-state index in [1.165, 1.54) is 12.8 Å². The predicted molar refractivity (Wildman–Crippen MR) is 84.2 cm³/mol. The molecule has 6 heteroatoms. The van der Waals surface area contributed by atoms with Gasteiger partial charge in [0, 0.05) is 22.4 Å². The molecule has 1 unspecified atom stereocenters. The number of hydrogen-bond acceptors (Lipinski definition) is 3. The molecule has 3 rings (SSSR count). The van der Waals surface area contributed by atoms with Gasteiger partial charge in [0.1, 0.15) is 5.58 Å². The molecule has 3 N–H and O–H groups in total. The number of rotatable bonds is 4. The fraction of sp³-hybridized carbons (Fsp3) is 0.357. The van der Waals surface area contributed by atoms with Crippen molar-refractivity contribution < 1.29 is 9.21 Å². The number of hydrogen-bond donors (Lipinski definition) is 2. The Morgan fingerprint density at radius 2 is 2.20 bits per heavy atom. The molecule has 1 saturated carbocycles. The molecule has 1 atom stereocenters. The summed E-state index contributed by atoms with van der Waals surface area (Å²) in [5.74, 6) is 0.700. The summed E-state index contributed by atoms with van der Waals surface area (Å²) < 4.78 is 6.48. The molecule has 2 aromatic rings. The van der Waals surface area contributed by atoms with Crippen molar-refractivity contribution in [1.82, 2.24) is 5.32 Å². The molecular weight excluding hydrogens is 344 g/mol. The number of nitrogens with one attached hydrogen (secondary N) is 1. The maximum atomic E-state index is 12.0. The molecule has 0 radical (unpaired) electrons. The lowest BCUT2D eigenvalue weighted by molar-refractivity contribution is 0.0924. The molecule has 0 spiro atoms. The van der Waals surface area contributed by atoms with Crippen LogP contribution in [0, 0.1) is 5.92 Å². The molecule has 108 valence electrons. The van der Waals surface area contributed by atoms with Crippen molar-refractivity contribution in [2.24, 2.45) is 11.7 Å². The van der Waals surface area contributed by atoms with Gasteiger partial charge in [-0.2, -0.15) is 0 Å². The summed E-state index contributed by atoms with van der Waals surface area (Å²) >= 11 is 3.39. The van der Waals surface area contributed by atoms with Crippen LogP contribution in [0.1, 0.15) is 23.4 Å². The Balaban J connectivity index is 0.00000147. The first-order valence-electron chi connectivity index (χ1n) is 6.36. The highest BCUT2D eigenvalue weighted by atomic mass is 79.9. The van der Waals surface area contributed by atoms with Gasteiger partial charge in [0.05, 0.1) is 0 Å². The highest BCUT2D eigenvalue weighted by Gasteiger charge is 2.28. The van der Waals surface area contributed by atoms with Crippen molar-refractivity contribution >= 4 is 45.2 Å². The van der Waals surface area contributed by atoms with Crippen molar-refractivity contribution in [1.29, 1.82) is 0 Å². The van der Waals surface area contributed by atoms with Gasteiger partial charge < -0.3 is 15.5 Å². The normalized spacial score (nSPS) is 15.7. The first-order valence-corrected chi connectivity index (χ1v) is 7.15. The number of halogens is 2. The van der Waals surface area contributed by atoms with Gasteiger partial charge in [0.25, 0.3) is 5.91 Å². The molecule has 1 aliphatic rings. The van der Waals surface area contributed by atoms with Crippen molar-refractivity contribution in [3.63, 3.8) is 0 Å². The van der Waals surface area contributed by atoms with E-state index in [0.29, 0.717) is 23.8 Å². The lowest BCUT2D eigenvalue weighted by atomic mass is 10.2. The van der Waals surface area contributed by atoms with Gasteiger partial charge in [-0.15, -0.1) is 12.4 Å². The van der Waals surface area contributed by atoms with Crippen LogP contribution in [0.3, 0.4) is 0 Å². The Kier molecular flexibility index (Phi) is 4.73. The molecule has 1 amide bonds. The molecule has 1 aromatic carbocycles. The number of fused-ring (bicyclic) bond motifs is 1.